The zero-order chi connectivity index (χ0) is 76.6. The molecule has 0 fully saturated rings. The average molecular weight is 1730 g/mol. The molecule has 21 rings (SSSR count). The second-order valence-corrected chi connectivity index (χ2v) is 37.9. The van der Waals surface area contributed by atoms with Crippen LogP contribution >= 0.6 is 81.8 Å². The van der Waals surface area contributed by atoms with E-state index in [1.807, 2.05) is 34.0 Å². The molecule has 0 aliphatic heterocycles. The molecule has 0 saturated heterocycles. The molecular formula is C103H71Br3N4S3Si. The number of para-hydroxylation sites is 5. The van der Waals surface area contributed by atoms with Crippen molar-refractivity contribution in [3.05, 3.63) is 425 Å². The summed E-state index contributed by atoms with van der Waals surface area (Å²) in [5.74, 6) is 0. The molecule has 1 aliphatic carbocycles. The number of allylic oxidation sites excluding steroid dienone is 3. The lowest BCUT2D eigenvalue weighted by Crippen LogP contribution is -2.74. The first-order valence-electron chi connectivity index (χ1n) is 38.1. The number of halogens is 3. The van der Waals surface area contributed by atoms with Crippen LogP contribution in [0.1, 0.15) is 12.0 Å². The highest BCUT2D eigenvalue weighted by atomic mass is 79.9. The van der Waals surface area contributed by atoms with E-state index in [9.17, 15) is 0 Å². The Bertz CT molecular complexity index is 6960. The molecule has 0 atom stereocenters. The molecule has 4 aromatic heterocycles. The van der Waals surface area contributed by atoms with Crippen LogP contribution in [-0.2, 0) is 0 Å². The predicted molar refractivity (Wildman–Crippen MR) is 508 cm³/mol. The van der Waals surface area contributed by atoms with Gasteiger partial charge in [-0.1, -0.05) is 267 Å². The van der Waals surface area contributed by atoms with Crippen LogP contribution in [0, 0.1) is 6.92 Å². The number of hydrogen-bond donors (Lipinski definition) is 0. The number of aryl methyl sites for hydroxylation is 1. The lowest BCUT2D eigenvalue weighted by atomic mass is 10.1. The topological polar surface area (TPSA) is 14.7 Å². The summed E-state index contributed by atoms with van der Waals surface area (Å²) in [6.07, 6.45) is 7.42. The third-order valence-electron chi connectivity index (χ3n) is 21.4. The van der Waals surface area contributed by atoms with Gasteiger partial charge in [-0.3, -0.25) is 0 Å². The van der Waals surface area contributed by atoms with Crippen molar-refractivity contribution >= 4 is 250 Å². The van der Waals surface area contributed by atoms with Crippen molar-refractivity contribution in [2.75, 3.05) is 14.7 Å². The molecule has 0 amide bonds. The third kappa shape index (κ3) is 13.5. The molecule has 0 N–H and O–H groups in total. The van der Waals surface area contributed by atoms with E-state index >= 15 is 0 Å². The Hall–Kier alpha value is -11.7. The highest BCUT2D eigenvalue weighted by molar-refractivity contribution is 9.11. The molecule has 0 saturated carbocycles. The Labute approximate surface area is 701 Å². The van der Waals surface area contributed by atoms with Crippen LogP contribution in [0.15, 0.2) is 420 Å². The summed E-state index contributed by atoms with van der Waals surface area (Å²) in [6.45, 7) is 2.14. The molecule has 11 heteroatoms. The first-order chi connectivity index (χ1) is 56.2. The van der Waals surface area contributed by atoms with E-state index in [-0.39, 0.29) is 0 Å². The zero-order valence-corrected chi connectivity index (χ0v) is 70.2. The normalized spacial score (nSPS) is 12.0. The number of fused-ring (bicyclic) bond motifs is 12. The number of thiophene rings is 3. The Balaban J connectivity index is 0.000000118. The Morgan fingerprint density at radius 1 is 0.307 bits per heavy atom. The minimum atomic E-state index is -2.61. The number of hydrogen-bond acceptors (Lipinski definition) is 6. The highest BCUT2D eigenvalue weighted by Crippen LogP contribution is 2.50. The summed E-state index contributed by atoms with van der Waals surface area (Å²) >= 11 is 17.2. The van der Waals surface area contributed by atoms with Gasteiger partial charge in [0.2, 0.25) is 0 Å². The average Bonchev–Trinajstić information content (AvgIpc) is 1.50. The van der Waals surface area contributed by atoms with E-state index in [1.54, 1.807) is 0 Å². The van der Waals surface area contributed by atoms with E-state index in [1.165, 1.54) is 109 Å². The third-order valence-corrected chi connectivity index (χ3v) is 32.6. The Kier molecular flexibility index (Phi) is 20.2. The van der Waals surface area contributed by atoms with Crippen LogP contribution < -0.4 is 35.4 Å². The van der Waals surface area contributed by atoms with Crippen LogP contribution in [0.3, 0.4) is 0 Å². The van der Waals surface area contributed by atoms with Crippen molar-refractivity contribution in [1.82, 2.24) is 4.57 Å². The van der Waals surface area contributed by atoms with Gasteiger partial charge in [0.1, 0.15) is 0 Å². The minimum absolute atomic E-state index is 0.909. The molecule has 1 aliphatic rings. The largest absolute Gasteiger partial charge is 0.310 e. The molecule has 4 heterocycles. The second-order valence-electron chi connectivity index (χ2n) is 28.4. The van der Waals surface area contributed by atoms with Crippen molar-refractivity contribution in [2.24, 2.45) is 0 Å². The van der Waals surface area contributed by atoms with E-state index in [2.05, 4.69) is 480 Å². The van der Waals surface area contributed by atoms with Crippen LogP contribution in [0.5, 0.6) is 0 Å². The lowest BCUT2D eigenvalue weighted by Gasteiger charge is -2.35. The Morgan fingerprint density at radius 2 is 0.667 bits per heavy atom. The highest BCUT2D eigenvalue weighted by Gasteiger charge is 2.41. The number of nitrogens with zero attached hydrogens (tertiary/aromatic N) is 4. The van der Waals surface area contributed by atoms with Gasteiger partial charge < -0.3 is 19.3 Å². The van der Waals surface area contributed by atoms with E-state index in [0.717, 1.165) is 76.7 Å². The maximum atomic E-state index is 3.95. The van der Waals surface area contributed by atoms with Gasteiger partial charge in [0, 0.05) is 130 Å². The fraction of sp³-hybridized carbons (Fsp3) is 0.0194. The fourth-order valence-corrected chi connectivity index (χ4v) is 26.6. The molecule has 0 spiro atoms. The zero-order valence-electron chi connectivity index (χ0n) is 62.0. The Morgan fingerprint density at radius 3 is 1.11 bits per heavy atom. The van der Waals surface area contributed by atoms with Crippen molar-refractivity contribution in [3.63, 3.8) is 0 Å². The SMILES string of the molecule is Brc1cc(N(c2ccccc2)c2ccc([Si](c3ccccc3)(c3ccccc3)c3ccccc3)cc2)cc2c1sc1ccccc12.Brc1cc(N(c2ccccc2)c2cccc3c4ccccc4n(C4=C=CCC=C4)c23)cc2c1sc1ccccc12.Cc1cccc(N(c2ccccc2)c2cc(Br)c3sc4ccccc4c3c2)c1. The number of benzene rings is 16. The summed E-state index contributed by atoms with van der Waals surface area (Å²) in [5, 5.41) is 15.6. The fourth-order valence-electron chi connectivity index (χ4n) is 16.5. The van der Waals surface area contributed by atoms with Crippen LogP contribution in [0.25, 0.3) is 88.0 Å². The van der Waals surface area contributed by atoms with Crippen molar-refractivity contribution in [2.45, 2.75) is 13.3 Å². The molecule has 0 unspecified atom stereocenters. The van der Waals surface area contributed by atoms with Crippen LogP contribution in [0.4, 0.5) is 51.2 Å². The van der Waals surface area contributed by atoms with Crippen molar-refractivity contribution in [1.29, 1.82) is 0 Å². The van der Waals surface area contributed by atoms with Gasteiger partial charge in [0.05, 0.1) is 22.4 Å². The van der Waals surface area contributed by atoms with Gasteiger partial charge >= 0.3 is 0 Å². The van der Waals surface area contributed by atoms with Gasteiger partial charge in [-0.25, -0.2) is 0 Å². The number of aromatic nitrogens is 1. The molecule has 20 aromatic rings. The van der Waals surface area contributed by atoms with Gasteiger partial charge in [-0.05, 0) is 227 Å². The van der Waals surface area contributed by atoms with Crippen molar-refractivity contribution in [3.8, 4) is 0 Å². The predicted octanol–water partition coefficient (Wildman–Crippen LogP) is 29.6. The molecule has 546 valence electrons. The number of anilines is 9. The maximum absolute atomic E-state index is 3.95. The van der Waals surface area contributed by atoms with Gasteiger partial charge in [-0.15, -0.1) is 34.0 Å². The smallest absolute Gasteiger partial charge is 0.179 e. The monoisotopic (exact) mass is 1720 g/mol. The molecule has 16 aromatic carbocycles. The minimum Gasteiger partial charge on any atom is -0.310 e. The van der Waals surface area contributed by atoms with Crippen LogP contribution in [-0.4, -0.2) is 12.6 Å². The van der Waals surface area contributed by atoms with E-state index < -0.39 is 8.07 Å². The standard InChI is InChI=1S/C42H30BrNSSi.C36H23BrN2S.C25H18BrNS/c43-40-30-33(29-39-38-23-13-14-24-41(38)45-42(39)40)44(31-15-5-1-6-16-31)32-25-27-37(28-26-32)46(34-17-7-2-8-18-34,35-19-9-3-10-20-35)36-21-11-4-12-22-36;37-31-23-26(22-30-28-17-8-10-21-34(28)40-36(30)31)38(24-12-3-1-4-13-24)33-20-11-18-29-27-16-7-9-19-32(27)39(35(29)33)25-14-5-2-6-15-25;1-17-8-7-11-19(14-17)27(18-9-3-2-4-10-18)20-15-22-21-12-5-6-13-24(21)28-25(22)23(26)16-20/h1-30H;1,3-14,16-23H,2H2;2-16H,1H3. The van der Waals surface area contributed by atoms with Gasteiger partial charge in [0.15, 0.2) is 8.07 Å². The summed E-state index contributed by atoms with van der Waals surface area (Å²) in [5.41, 5.74) is 18.4. The first kappa shape index (κ1) is 72.5. The van der Waals surface area contributed by atoms with E-state index in [0.29, 0.717) is 0 Å². The second kappa shape index (κ2) is 31.7. The van der Waals surface area contributed by atoms with E-state index in [4.69, 9.17) is 0 Å². The molecule has 0 bridgehead atoms. The molecule has 4 nitrogen and oxygen atoms in total. The lowest BCUT2D eigenvalue weighted by molar-refractivity contribution is 1.20. The van der Waals surface area contributed by atoms with Gasteiger partial charge in [-0.2, -0.15) is 0 Å². The first-order valence-corrected chi connectivity index (χ1v) is 44.9. The molecular weight excluding hydrogens is 1660 g/mol. The molecule has 114 heavy (non-hydrogen) atoms. The van der Waals surface area contributed by atoms with Gasteiger partial charge in [0.25, 0.3) is 0 Å². The summed E-state index contributed by atoms with van der Waals surface area (Å²) in [4.78, 5) is 7.09. The quantitative estimate of drug-likeness (QED) is 0.0613. The maximum Gasteiger partial charge on any atom is 0.179 e. The molecule has 0 radical (unpaired) electrons. The van der Waals surface area contributed by atoms with Crippen molar-refractivity contribution < 1.29 is 0 Å². The van der Waals surface area contributed by atoms with Crippen LogP contribution in [0.2, 0.25) is 0 Å². The number of rotatable bonds is 14. The summed E-state index contributed by atoms with van der Waals surface area (Å²) < 4.78 is 13.5. The summed E-state index contributed by atoms with van der Waals surface area (Å²) in [7, 11) is -2.61. The summed E-state index contributed by atoms with van der Waals surface area (Å²) in [6, 6.07) is 138.